The van der Waals surface area contributed by atoms with Crippen LogP contribution in [0.1, 0.15) is 35.2 Å². The summed E-state index contributed by atoms with van der Waals surface area (Å²) in [7, 11) is -2.00. The number of rotatable bonds is 7. The minimum atomic E-state index is -3.64. The first-order valence-electron chi connectivity index (χ1n) is 9.40. The third-order valence-electron chi connectivity index (χ3n) is 4.77. The lowest BCUT2D eigenvalue weighted by Gasteiger charge is -2.26. The molecule has 0 unspecified atom stereocenters. The average Bonchev–Trinajstić information content (AvgIpc) is 3.25. The summed E-state index contributed by atoms with van der Waals surface area (Å²) in [4.78, 5) is 26.1. The number of hydrogen-bond donors (Lipinski definition) is 0. The fraction of sp³-hybridized carbons (Fsp3) is 0.400. The van der Waals surface area contributed by atoms with E-state index in [0.29, 0.717) is 19.6 Å². The lowest BCUT2D eigenvalue weighted by atomic mass is 10.2. The Morgan fingerprint density at radius 1 is 1.17 bits per heavy atom. The van der Waals surface area contributed by atoms with Crippen molar-refractivity contribution in [3.8, 4) is 0 Å². The second kappa shape index (κ2) is 9.51. The Labute approximate surface area is 174 Å². The smallest absolute Gasteiger partial charge is 0.338 e. The highest BCUT2D eigenvalue weighted by Crippen LogP contribution is 2.21. The van der Waals surface area contributed by atoms with Crippen LogP contribution in [0.3, 0.4) is 0 Å². The van der Waals surface area contributed by atoms with E-state index in [1.54, 1.807) is 18.4 Å². The standard InChI is InChI=1S/C20H24N2O5S2/c1-21(13-16-8-11-28-15-16)19(23)14-27-20(24)17-6-5-7-18(12-17)29(25,26)22-9-3-2-4-10-22/h5-8,11-12,15H,2-4,9-10,13-14H2,1H3. The summed E-state index contributed by atoms with van der Waals surface area (Å²) in [5, 5.41) is 3.88. The Balaban J connectivity index is 1.61. The van der Waals surface area contributed by atoms with E-state index in [4.69, 9.17) is 4.74 Å². The van der Waals surface area contributed by atoms with Gasteiger partial charge in [-0.15, -0.1) is 0 Å². The second-order valence-corrected chi connectivity index (χ2v) is 9.67. The predicted octanol–water partition coefficient (Wildman–Crippen LogP) is 2.74. The monoisotopic (exact) mass is 436 g/mol. The van der Waals surface area contributed by atoms with Crippen LogP contribution in [0.5, 0.6) is 0 Å². The maximum atomic E-state index is 12.8. The highest BCUT2D eigenvalue weighted by Gasteiger charge is 2.26. The molecule has 2 aromatic rings. The van der Waals surface area contributed by atoms with Crippen molar-refractivity contribution in [2.24, 2.45) is 0 Å². The number of sulfonamides is 1. The second-order valence-electron chi connectivity index (χ2n) is 6.95. The number of ether oxygens (including phenoxy) is 1. The molecule has 156 valence electrons. The van der Waals surface area contributed by atoms with Gasteiger partial charge in [0.05, 0.1) is 10.5 Å². The van der Waals surface area contributed by atoms with Gasteiger partial charge in [0.2, 0.25) is 10.0 Å². The SMILES string of the molecule is CN(Cc1ccsc1)C(=O)COC(=O)c1cccc(S(=O)(=O)N2CCCCC2)c1. The topological polar surface area (TPSA) is 84.0 Å². The zero-order chi connectivity index (χ0) is 20.9. The number of hydrogen-bond acceptors (Lipinski definition) is 6. The lowest BCUT2D eigenvalue weighted by Crippen LogP contribution is -2.35. The van der Waals surface area contributed by atoms with Crippen LogP contribution in [0.4, 0.5) is 0 Å². The maximum absolute atomic E-state index is 12.8. The Morgan fingerprint density at radius 3 is 2.62 bits per heavy atom. The predicted molar refractivity (Wildman–Crippen MR) is 110 cm³/mol. The molecule has 1 aromatic heterocycles. The molecule has 1 aliphatic heterocycles. The van der Waals surface area contributed by atoms with E-state index in [0.717, 1.165) is 24.8 Å². The van der Waals surface area contributed by atoms with Crippen molar-refractivity contribution < 1.29 is 22.7 Å². The molecule has 0 bridgehead atoms. The average molecular weight is 437 g/mol. The molecule has 0 saturated carbocycles. The maximum Gasteiger partial charge on any atom is 0.338 e. The van der Waals surface area contributed by atoms with Gasteiger partial charge in [0.1, 0.15) is 0 Å². The summed E-state index contributed by atoms with van der Waals surface area (Å²) in [5.74, 6) is -1.06. The number of benzene rings is 1. The molecule has 0 aliphatic carbocycles. The van der Waals surface area contributed by atoms with Crippen molar-refractivity contribution in [2.75, 3.05) is 26.7 Å². The fourth-order valence-electron chi connectivity index (χ4n) is 3.10. The van der Waals surface area contributed by atoms with Crippen LogP contribution < -0.4 is 0 Å². The molecule has 0 N–H and O–H groups in total. The summed E-state index contributed by atoms with van der Waals surface area (Å²) in [5.41, 5.74) is 1.11. The summed E-state index contributed by atoms with van der Waals surface area (Å²) >= 11 is 1.55. The number of likely N-dealkylation sites (N-methyl/N-ethyl adjacent to an activating group) is 1. The molecule has 1 saturated heterocycles. The van der Waals surface area contributed by atoms with E-state index in [2.05, 4.69) is 0 Å². The number of carbonyl (C=O) groups excluding carboxylic acids is 2. The van der Waals surface area contributed by atoms with E-state index in [-0.39, 0.29) is 16.4 Å². The van der Waals surface area contributed by atoms with E-state index < -0.39 is 22.6 Å². The molecule has 1 fully saturated rings. The third-order valence-corrected chi connectivity index (χ3v) is 7.40. The van der Waals surface area contributed by atoms with Crippen LogP contribution in [0, 0.1) is 0 Å². The van der Waals surface area contributed by atoms with Crippen LogP contribution in [-0.4, -0.2) is 56.2 Å². The van der Waals surface area contributed by atoms with Gasteiger partial charge < -0.3 is 9.64 Å². The molecule has 1 aliphatic rings. The van der Waals surface area contributed by atoms with Gasteiger partial charge in [0.25, 0.3) is 5.91 Å². The lowest BCUT2D eigenvalue weighted by molar-refractivity contribution is -0.133. The van der Waals surface area contributed by atoms with Crippen LogP contribution in [0.15, 0.2) is 46.0 Å². The van der Waals surface area contributed by atoms with Gasteiger partial charge in [-0.1, -0.05) is 12.5 Å². The molecule has 0 atom stereocenters. The van der Waals surface area contributed by atoms with Crippen molar-refractivity contribution >= 4 is 33.2 Å². The van der Waals surface area contributed by atoms with Gasteiger partial charge >= 0.3 is 5.97 Å². The Kier molecular flexibility index (Phi) is 7.05. The molecule has 7 nitrogen and oxygen atoms in total. The number of amides is 1. The normalized spacial score (nSPS) is 15.1. The number of esters is 1. The zero-order valence-corrected chi connectivity index (χ0v) is 17.9. The molecule has 1 aromatic carbocycles. The van der Waals surface area contributed by atoms with Crippen LogP contribution in [0.25, 0.3) is 0 Å². The summed E-state index contributed by atoms with van der Waals surface area (Å²) < 4.78 is 32.1. The minimum Gasteiger partial charge on any atom is -0.452 e. The van der Waals surface area contributed by atoms with E-state index in [1.807, 2.05) is 16.8 Å². The molecular formula is C20H24N2O5S2. The third kappa shape index (κ3) is 5.43. The van der Waals surface area contributed by atoms with Crippen molar-refractivity contribution in [1.82, 2.24) is 9.21 Å². The first-order chi connectivity index (χ1) is 13.9. The van der Waals surface area contributed by atoms with E-state index >= 15 is 0 Å². The molecular weight excluding hydrogens is 412 g/mol. The van der Waals surface area contributed by atoms with Crippen LogP contribution in [-0.2, 0) is 26.1 Å². The molecule has 29 heavy (non-hydrogen) atoms. The van der Waals surface area contributed by atoms with Crippen molar-refractivity contribution in [3.63, 3.8) is 0 Å². The number of thiophene rings is 1. The molecule has 3 rings (SSSR count). The molecule has 2 heterocycles. The van der Waals surface area contributed by atoms with E-state index in [9.17, 15) is 18.0 Å². The molecule has 1 amide bonds. The number of piperidine rings is 1. The van der Waals surface area contributed by atoms with Crippen LogP contribution in [0.2, 0.25) is 0 Å². The van der Waals surface area contributed by atoms with Crippen molar-refractivity contribution in [1.29, 1.82) is 0 Å². The minimum absolute atomic E-state index is 0.0646. The zero-order valence-electron chi connectivity index (χ0n) is 16.2. The van der Waals surface area contributed by atoms with Crippen LogP contribution >= 0.6 is 11.3 Å². The summed E-state index contributed by atoms with van der Waals surface area (Å²) in [6, 6.07) is 7.70. The highest BCUT2D eigenvalue weighted by molar-refractivity contribution is 7.89. The van der Waals surface area contributed by atoms with Gasteiger partial charge in [-0.3, -0.25) is 4.79 Å². The van der Waals surface area contributed by atoms with Gasteiger partial charge in [0, 0.05) is 26.7 Å². The van der Waals surface area contributed by atoms with Crippen molar-refractivity contribution in [3.05, 3.63) is 52.2 Å². The molecule has 9 heteroatoms. The molecule has 0 radical (unpaired) electrons. The van der Waals surface area contributed by atoms with E-state index in [1.165, 1.54) is 33.5 Å². The number of carbonyl (C=O) groups is 2. The molecule has 0 spiro atoms. The first kappa shape index (κ1) is 21.5. The summed E-state index contributed by atoms with van der Waals surface area (Å²) in [6.07, 6.45) is 2.69. The first-order valence-corrected chi connectivity index (χ1v) is 11.8. The fourth-order valence-corrected chi connectivity index (χ4v) is 5.33. The number of nitrogens with zero attached hydrogens (tertiary/aromatic N) is 2. The van der Waals surface area contributed by atoms with Gasteiger partial charge in [0.15, 0.2) is 6.61 Å². The van der Waals surface area contributed by atoms with Gasteiger partial charge in [-0.05, 0) is 53.4 Å². The quantitative estimate of drug-likeness (QED) is 0.623. The largest absolute Gasteiger partial charge is 0.452 e. The van der Waals surface area contributed by atoms with Gasteiger partial charge in [-0.2, -0.15) is 15.6 Å². The Morgan fingerprint density at radius 2 is 1.93 bits per heavy atom. The highest BCUT2D eigenvalue weighted by atomic mass is 32.2. The summed E-state index contributed by atoms with van der Waals surface area (Å²) in [6.45, 7) is 1.01. The Hall–Kier alpha value is -2.23. The Bertz CT molecular complexity index is 951. The van der Waals surface area contributed by atoms with Crippen molar-refractivity contribution in [2.45, 2.75) is 30.7 Å². The van der Waals surface area contributed by atoms with Gasteiger partial charge in [-0.25, -0.2) is 13.2 Å².